The number of hydrogen-bond acceptors (Lipinski definition) is 5. The molecule has 29 heavy (non-hydrogen) atoms. The molecule has 0 fully saturated rings. The van der Waals surface area contributed by atoms with Gasteiger partial charge in [-0.2, -0.15) is 9.78 Å². The van der Waals surface area contributed by atoms with E-state index in [1.165, 1.54) is 4.68 Å². The number of anilines is 2. The summed E-state index contributed by atoms with van der Waals surface area (Å²) >= 11 is 0. The third kappa shape index (κ3) is 3.84. The van der Waals surface area contributed by atoms with Crippen LogP contribution in [0, 0.1) is 6.92 Å². The molecule has 2 aromatic heterocycles. The van der Waals surface area contributed by atoms with Crippen molar-refractivity contribution in [3.63, 3.8) is 0 Å². The number of benzene rings is 1. The van der Waals surface area contributed by atoms with Crippen molar-refractivity contribution in [2.24, 2.45) is 0 Å². The van der Waals surface area contributed by atoms with Gasteiger partial charge in [-0.1, -0.05) is 12.1 Å². The van der Waals surface area contributed by atoms with Crippen LogP contribution in [0.3, 0.4) is 0 Å². The zero-order valence-corrected chi connectivity index (χ0v) is 16.3. The van der Waals surface area contributed by atoms with E-state index in [0.29, 0.717) is 29.6 Å². The number of urea groups is 1. The standard InChI is InChI=1S/C20H22N6O3/c1-3-29-16-10-5-4-8-15(16)22-20(28)23-17-11-12(2)25-26(17)19-21-14-9-6-7-13(14)18(27)24-19/h4-5,8,10-11H,3,6-7,9H2,1-2H3,(H,21,24,27)(H2,22,23,28). The van der Waals surface area contributed by atoms with Crippen molar-refractivity contribution in [2.45, 2.75) is 33.1 Å². The molecule has 150 valence electrons. The maximum atomic E-state index is 12.6. The number of amides is 2. The monoisotopic (exact) mass is 394 g/mol. The molecule has 0 bridgehead atoms. The predicted octanol–water partition coefficient (Wildman–Crippen LogP) is 2.80. The van der Waals surface area contributed by atoms with Crippen LogP contribution in [0.25, 0.3) is 5.95 Å². The highest BCUT2D eigenvalue weighted by atomic mass is 16.5. The SMILES string of the molecule is CCOc1ccccc1NC(=O)Nc1cc(C)nn1-c1nc2c(c(=O)[nH]1)CCC2. The van der Waals surface area contributed by atoms with Crippen LogP contribution in [-0.4, -0.2) is 32.4 Å². The second-order valence-corrected chi connectivity index (χ2v) is 6.76. The molecule has 0 aliphatic heterocycles. The average Bonchev–Trinajstić information content (AvgIpc) is 3.30. The Morgan fingerprint density at radius 1 is 1.28 bits per heavy atom. The van der Waals surface area contributed by atoms with Crippen molar-refractivity contribution in [3.8, 4) is 11.7 Å². The number of fused-ring (bicyclic) bond motifs is 1. The van der Waals surface area contributed by atoms with Gasteiger partial charge < -0.3 is 10.1 Å². The normalized spacial score (nSPS) is 12.5. The van der Waals surface area contributed by atoms with Gasteiger partial charge in [-0.25, -0.2) is 9.78 Å². The van der Waals surface area contributed by atoms with Crippen molar-refractivity contribution in [2.75, 3.05) is 17.2 Å². The van der Waals surface area contributed by atoms with E-state index in [4.69, 9.17) is 4.74 Å². The number of aryl methyl sites for hydroxylation is 2. The van der Waals surface area contributed by atoms with Gasteiger partial charge in [-0.05, 0) is 45.2 Å². The summed E-state index contributed by atoms with van der Waals surface area (Å²) in [6, 6.07) is 8.44. The average molecular weight is 394 g/mol. The van der Waals surface area contributed by atoms with Crippen molar-refractivity contribution < 1.29 is 9.53 Å². The molecule has 0 atom stereocenters. The molecule has 3 N–H and O–H groups in total. The maximum Gasteiger partial charge on any atom is 0.324 e. The van der Waals surface area contributed by atoms with Crippen molar-refractivity contribution in [1.29, 1.82) is 0 Å². The van der Waals surface area contributed by atoms with E-state index in [0.717, 1.165) is 30.5 Å². The fourth-order valence-electron chi connectivity index (χ4n) is 3.40. The van der Waals surface area contributed by atoms with E-state index in [2.05, 4.69) is 25.7 Å². The van der Waals surface area contributed by atoms with Gasteiger partial charge in [-0.3, -0.25) is 15.1 Å². The number of para-hydroxylation sites is 2. The third-order valence-corrected chi connectivity index (χ3v) is 4.64. The molecule has 0 saturated heterocycles. The summed E-state index contributed by atoms with van der Waals surface area (Å²) in [5.74, 6) is 1.27. The predicted molar refractivity (Wildman–Crippen MR) is 109 cm³/mol. The summed E-state index contributed by atoms with van der Waals surface area (Å²) in [4.78, 5) is 32.2. The number of aromatic amines is 1. The van der Waals surface area contributed by atoms with E-state index in [1.807, 2.05) is 19.1 Å². The number of hydrogen-bond donors (Lipinski definition) is 3. The molecule has 2 amide bonds. The Labute approximate surface area is 167 Å². The number of rotatable bonds is 5. The summed E-state index contributed by atoms with van der Waals surface area (Å²) < 4.78 is 6.97. The lowest BCUT2D eigenvalue weighted by atomic mass is 10.3. The summed E-state index contributed by atoms with van der Waals surface area (Å²) in [6.45, 7) is 4.17. The number of aromatic nitrogens is 4. The molecule has 1 aliphatic rings. The van der Waals surface area contributed by atoms with Crippen LogP contribution in [0.2, 0.25) is 0 Å². The Hall–Kier alpha value is -3.62. The molecule has 2 heterocycles. The van der Waals surface area contributed by atoms with Crippen molar-refractivity contribution in [3.05, 3.63) is 57.6 Å². The van der Waals surface area contributed by atoms with Gasteiger partial charge in [0.1, 0.15) is 11.6 Å². The molecule has 9 heteroatoms. The van der Waals surface area contributed by atoms with Crippen LogP contribution in [0.4, 0.5) is 16.3 Å². The first-order valence-corrected chi connectivity index (χ1v) is 9.54. The van der Waals surface area contributed by atoms with E-state index in [-0.39, 0.29) is 11.5 Å². The zero-order chi connectivity index (χ0) is 20.4. The number of ether oxygens (including phenoxy) is 1. The molecule has 0 radical (unpaired) electrons. The second kappa shape index (κ2) is 7.78. The van der Waals surface area contributed by atoms with Crippen LogP contribution in [0.15, 0.2) is 35.1 Å². The smallest absolute Gasteiger partial charge is 0.324 e. The van der Waals surface area contributed by atoms with Gasteiger partial charge in [-0.15, -0.1) is 0 Å². The Morgan fingerprint density at radius 3 is 2.93 bits per heavy atom. The number of nitrogens with zero attached hydrogens (tertiary/aromatic N) is 3. The summed E-state index contributed by atoms with van der Waals surface area (Å²) in [5, 5.41) is 9.92. The van der Waals surface area contributed by atoms with Crippen LogP contribution < -0.4 is 20.9 Å². The van der Waals surface area contributed by atoms with Gasteiger partial charge >= 0.3 is 6.03 Å². The van der Waals surface area contributed by atoms with Crippen LogP contribution >= 0.6 is 0 Å². The number of carbonyl (C=O) groups excluding carboxylic acids is 1. The van der Waals surface area contributed by atoms with Crippen LogP contribution in [0.5, 0.6) is 5.75 Å². The minimum Gasteiger partial charge on any atom is -0.492 e. The molecule has 0 spiro atoms. The number of H-pyrrole nitrogens is 1. The summed E-state index contributed by atoms with van der Waals surface area (Å²) in [7, 11) is 0. The molecule has 1 aromatic carbocycles. The highest BCUT2D eigenvalue weighted by Crippen LogP contribution is 2.24. The summed E-state index contributed by atoms with van der Waals surface area (Å²) in [6.07, 6.45) is 2.42. The fourth-order valence-corrected chi connectivity index (χ4v) is 3.40. The molecule has 0 unspecified atom stereocenters. The highest BCUT2D eigenvalue weighted by molar-refractivity contribution is 6.00. The topological polar surface area (TPSA) is 114 Å². The molecule has 1 aliphatic carbocycles. The molecular weight excluding hydrogens is 372 g/mol. The lowest BCUT2D eigenvalue weighted by Gasteiger charge is -2.13. The fraction of sp³-hybridized carbons (Fsp3) is 0.300. The Kier molecular flexibility index (Phi) is 5.03. The number of carbonyl (C=O) groups is 1. The minimum absolute atomic E-state index is 0.156. The first kappa shape index (κ1) is 18.7. The molecule has 4 rings (SSSR count). The number of nitrogens with one attached hydrogen (secondary N) is 3. The highest BCUT2D eigenvalue weighted by Gasteiger charge is 2.20. The van der Waals surface area contributed by atoms with E-state index in [1.54, 1.807) is 25.1 Å². The van der Waals surface area contributed by atoms with Gasteiger partial charge in [0.25, 0.3) is 5.56 Å². The quantitative estimate of drug-likeness (QED) is 0.616. The second-order valence-electron chi connectivity index (χ2n) is 6.76. The third-order valence-electron chi connectivity index (χ3n) is 4.64. The van der Waals surface area contributed by atoms with Crippen molar-refractivity contribution in [1.82, 2.24) is 19.7 Å². The van der Waals surface area contributed by atoms with Gasteiger partial charge in [0.15, 0.2) is 0 Å². The molecule has 9 nitrogen and oxygen atoms in total. The van der Waals surface area contributed by atoms with E-state index >= 15 is 0 Å². The lowest BCUT2D eigenvalue weighted by Crippen LogP contribution is -2.24. The first-order valence-electron chi connectivity index (χ1n) is 9.54. The zero-order valence-electron chi connectivity index (χ0n) is 16.3. The molecular formula is C20H22N6O3. The Bertz CT molecular complexity index is 1120. The van der Waals surface area contributed by atoms with Crippen LogP contribution in [0.1, 0.15) is 30.3 Å². The lowest BCUT2D eigenvalue weighted by molar-refractivity contribution is 0.261. The molecule has 0 saturated carbocycles. The van der Waals surface area contributed by atoms with E-state index < -0.39 is 6.03 Å². The Morgan fingerprint density at radius 2 is 2.10 bits per heavy atom. The molecule has 3 aromatic rings. The van der Waals surface area contributed by atoms with Crippen molar-refractivity contribution >= 4 is 17.5 Å². The largest absolute Gasteiger partial charge is 0.492 e. The van der Waals surface area contributed by atoms with E-state index in [9.17, 15) is 9.59 Å². The van der Waals surface area contributed by atoms with Gasteiger partial charge in [0.05, 0.1) is 23.7 Å². The van der Waals surface area contributed by atoms with Gasteiger partial charge in [0.2, 0.25) is 5.95 Å². The summed E-state index contributed by atoms with van der Waals surface area (Å²) in [5.41, 5.74) is 2.60. The minimum atomic E-state index is -0.457. The van der Waals surface area contributed by atoms with Crippen LogP contribution in [-0.2, 0) is 12.8 Å². The Balaban J connectivity index is 1.59. The first-order chi connectivity index (χ1) is 14.0. The van der Waals surface area contributed by atoms with Gasteiger partial charge in [0, 0.05) is 11.6 Å². The maximum absolute atomic E-state index is 12.6.